The fourth-order valence-electron chi connectivity index (χ4n) is 3.11. The Balaban J connectivity index is 2.28. The quantitative estimate of drug-likeness (QED) is 0.914. The summed E-state index contributed by atoms with van der Waals surface area (Å²) < 4.78 is 28.9. The Morgan fingerprint density at radius 1 is 1.29 bits per heavy atom. The van der Waals surface area contributed by atoms with Gasteiger partial charge in [-0.05, 0) is 56.2 Å². The summed E-state index contributed by atoms with van der Waals surface area (Å²) in [5, 5.41) is 0. The molecule has 0 aliphatic carbocycles. The molecule has 21 heavy (non-hydrogen) atoms. The molecule has 2 N–H and O–H groups in total. The van der Waals surface area contributed by atoms with Crippen molar-refractivity contribution in [1.82, 2.24) is 0 Å². The molecule has 0 amide bonds. The van der Waals surface area contributed by atoms with Gasteiger partial charge in [-0.3, -0.25) is 0 Å². The van der Waals surface area contributed by atoms with E-state index in [0.717, 1.165) is 19.3 Å². The number of nitrogens with zero attached hydrogens (tertiary/aromatic N) is 1. The standard InChI is InChI=1S/C17H26F2N2/c1-4-14(20)8-13-9-15(18)17(16(19)10-13)21-7-5-6-11(2)12(21)3/h9-12,14H,4-8,20H2,1-3H3. The van der Waals surface area contributed by atoms with Gasteiger partial charge in [0.05, 0.1) is 0 Å². The number of piperidine rings is 1. The van der Waals surface area contributed by atoms with Gasteiger partial charge in [-0.25, -0.2) is 8.78 Å². The molecule has 2 nitrogen and oxygen atoms in total. The van der Waals surface area contributed by atoms with E-state index >= 15 is 0 Å². The lowest BCUT2D eigenvalue weighted by Crippen LogP contribution is -2.43. The van der Waals surface area contributed by atoms with Gasteiger partial charge in [0, 0.05) is 18.6 Å². The SMILES string of the molecule is CCC(N)Cc1cc(F)c(N2CCCC(C)C2C)c(F)c1. The minimum absolute atomic E-state index is 0.0522. The van der Waals surface area contributed by atoms with Crippen LogP contribution >= 0.6 is 0 Å². The van der Waals surface area contributed by atoms with E-state index < -0.39 is 11.6 Å². The van der Waals surface area contributed by atoms with E-state index in [0.29, 0.717) is 24.4 Å². The van der Waals surface area contributed by atoms with Crippen LogP contribution in [-0.4, -0.2) is 18.6 Å². The Labute approximate surface area is 126 Å². The predicted octanol–water partition coefficient (Wildman–Crippen LogP) is 3.87. The molecule has 1 aliphatic rings. The van der Waals surface area contributed by atoms with Crippen LogP contribution in [0.2, 0.25) is 0 Å². The Kier molecular flexibility index (Phi) is 5.20. The van der Waals surface area contributed by atoms with Crippen LogP contribution in [0.1, 0.15) is 45.6 Å². The molecule has 3 atom stereocenters. The summed E-state index contributed by atoms with van der Waals surface area (Å²) in [5.74, 6) is -0.478. The van der Waals surface area contributed by atoms with E-state index in [4.69, 9.17) is 5.73 Å². The van der Waals surface area contributed by atoms with Gasteiger partial charge in [0.15, 0.2) is 0 Å². The second-order valence-corrected chi connectivity index (χ2v) is 6.33. The van der Waals surface area contributed by atoms with Crippen molar-refractivity contribution in [3.05, 3.63) is 29.3 Å². The van der Waals surface area contributed by atoms with Crippen molar-refractivity contribution in [3.63, 3.8) is 0 Å². The second kappa shape index (κ2) is 6.73. The zero-order valence-corrected chi connectivity index (χ0v) is 13.2. The number of rotatable bonds is 4. The van der Waals surface area contributed by atoms with E-state index in [1.807, 2.05) is 18.7 Å². The van der Waals surface area contributed by atoms with Crippen LogP contribution in [-0.2, 0) is 6.42 Å². The molecule has 1 fully saturated rings. The minimum atomic E-state index is -0.464. The van der Waals surface area contributed by atoms with Gasteiger partial charge in [-0.2, -0.15) is 0 Å². The van der Waals surface area contributed by atoms with Crippen molar-refractivity contribution in [3.8, 4) is 0 Å². The molecule has 4 heteroatoms. The van der Waals surface area contributed by atoms with Crippen molar-refractivity contribution >= 4 is 5.69 Å². The lowest BCUT2D eigenvalue weighted by atomic mass is 9.91. The number of anilines is 1. The molecule has 1 aliphatic heterocycles. The van der Waals surface area contributed by atoms with Crippen LogP contribution in [0.3, 0.4) is 0 Å². The number of halogens is 2. The van der Waals surface area contributed by atoms with Crippen LogP contribution in [0.5, 0.6) is 0 Å². The summed E-state index contributed by atoms with van der Waals surface area (Å²) in [6, 6.07) is 3.00. The molecular weight excluding hydrogens is 270 g/mol. The summed E-state index contributed by atoms with van der Waals surface area (Å²) in [6.07, 6.45) is 3.40. The number of hydrogen-bond acceptors (Lipinski definition) is 2. The molecule has 3 unspecified atom stereocenters. The third-order valence-corrected chi connectivity index (χ3v) is 4.76. The summed E-state index contributed by atoms with van der Waals surface area (Å²) in [7, 11) is 0. The molecule has 1 aromatic carbocycles. The van der Waals surface area contributed by atoms with Gasteiger partial charge in [0.2, 0.25) is 0 Å². The first-order valence-electron chi connectivity index (χ1n) is 7.94. The lowest BCUT2D eigenvalue weighted by Gasteiger charge is -2.40. The Hall–Kier alpha value is -1.16. The van der Waals surface area contributed by atoms with Gasteiger partial charge in [0.1, 0.15) is 17.3 Å². The van der Waals surface area contributed by atoms with Crippen molar-refractivity contribution in [2.24, 2.45) is 11.7 Å². The van der Waals surface area contributed by atoms with Crippen molar-refractivity contribution in [2.45, 2.75) is 58.5 Å². The molecule has 0 spiro atoms. The smallest absolute Gasteiger partial charge is 0.149 e. The minimum Gasteiger partial charge on any atom is -0.364 e. The van der Waals surface area contributed by atoms with Gasteiger partial charge in [-0.15, -0.1) is 0 Å². The third-order valence-electron chi connectivity index (χ3n) is 4.76. The molecule has 1 saturated heterocycles. The lowest BCUT2D eigenvalue weighted by molar-refractivity contribution is 0.356. The molecule has 0 saturated carbocycles. The van der Waals surface area contributed by atoms with E-state index in [2.05, 4.69) is 6.92 Å². The zero-order valence-electron chi connectivity index (χ0n) is 13.2. The normalized spacial score (nSPS) is 24.2. The predicted molar refractivity (Wildman–Crippen MR) is 83.5 cm³/mol. The molecule has 118 valence electrons. The first-order valence-corrected chi connectivity index (χ1v) is 7.94. The summed E-state index contributed by atoms with van der Waals surface area (Å²) in [5.41, 5.74) is 6.64. The maximum Gasteiger partial charge on any atom is 0.149 e. The maximum absolute atomic E-state index is 14.4. The molecule has 0 radical (unpaired) electrons. The third kappa shape index (κ3) is 3.54. The van der Waals surface area contributed by atoms with Crippen molar-refractivity contribution in [2.75, 3.05) is 11.4 Å². The van der Waals surface area contributed by atoms with Crippen LogP contribution in [0.25, 0.3) is 0 Å². The van der Waals surface area contributed by atoms with Gasteiger partial charge < -0.3 is 10.6 Å². The van der Waals surface area contributed by atoms with E-state index in [1.165, 1.54) is 12.1 Å². The van der Waals surface area contributed by atoms with E-state index in [-0.39, 0.29) is 17.8 Å². The molecule has 0 bridgehead atoms. The van der Waals surface area contributed by atoms with Gasteiger partial charge in [0.25, 0.3) is 0 Å². The zero-order chi connectivity index (χ0) is 15.6. The Morgan fingerprint density at radius 2 is 1.90 bits per heavy atom. The van der Waals surface area contributed by atoms with Crippen LogP contribution in [0.4, 0.5) is 14.5 Å². The Morgan fingerprint density at radius 3 is 2.48 bits per heavy atom. The molecular formula is C17H26F2N2. The number of hydrogen-bond donors (Lipinski definition) is 1. The van der Waals surface area contributed by atoms with Crippen molar-refractivity contribution < 1.29 is 8.78 Å². The number of nitrogens with two attached hydrogens (primary N) is 1. The molecule has 1 aromatic rings. The van der Waals surface area contributed by atoms with E-state index in [9.17, 15) is 8.78 Å². The van der Waals surface area contributed by atoms with Gasteiger partial charge in [-0.1, -0.05) is 13.8 Å². The fourth-order valence-corrected chi connectivity index (χ4v) is 3.11. The maximum atomic E-state index is 14.4. The second-order valence-electron chi connectivity index (χ2n) is 6.33. The highest BCUT2D eigenvalue weighted by atomic mass is 19.1. The Bertz CT molecular complexity index is 467. The van der Waals surface area contributed by atoms with Crippen molar-refractivity contribution in [1.29, 1.82) is 0 Å². The molecule has 1 heterocycles. The summed E-state index contributed by atoms with van der Waals surface area (Å²) >= 11 is 0. The van der Waals surface area contributed by atoms with Gasteiger partial charge >= 0.3 is 0 Å². The highest BCUT2D eigenvalue weighted by Crippen LogP contribution is 2.33. The summed E-state index contributed by atoms with van der Waals surface area (Å²) in [6.45, 7) is 6.88. The highest BCUT2D eigenvalue weighted by molar-refractivity contribution is 5.52. The van der Waals surface area contributed by atoms with Crippen LogP contribution in [0.15, 0.2) is 12.1 Å². The molecule has 0 aromatic heterocycles. The monoisotopic (exact) mass is 296 g/mol. The van der Waals surface area contributed by atoms with Crippen LogP contribution in [0, 0.1) is 17.6 Å². The topological polar surface area (TPSA) is 29.3 Å². The van der Waals surface area contributed by atoms with Crippen LogP contribution < -0.4 is 10.6 Å². The average Bonchev–Trinajstić information content (AvgIpc) is 2.42. The number of benzene rings is 1. The average molecular weight is 296 g/mol. The first-order chi connectivity index (χ1) is 9.93. The largest absolute Gasteiger partial charge is 0.364 e. The first kappa shape index (κ1) is 16.2. The fraction of sp³-hybridized carbons (Fsp3) is 0.647. The molecule has 2 rings (SSSR count). The van der Waals surface area contributed by atoms with E-state index in [1.54, 1.807) is 0 Å². The highest BCUT2D eigenvalue weighted by Gasteiger charge is 2.29. The summed E-state index contributed by atoms with van der Waals surface area (Å²) in [4.78, 5) is 1.88.